The van der Waals surface area contributed by atoms with Crippen LogP contribution in [0.1, 0.15) is 39.1 Å². The topological polar surface area (TPSA) is 56.1 Å². The van der Waals surface area contributed by atoms with Crippen LogP contribution >= 0.6 is 0 Å². The SMILES string of the molecule is CC(C)[C@@H]1CN=C(c2cccc(C3=NC[C@@H](C(C)C)O3)n2)O1. The fourth-order valence-electron chi connectivity index (χ4n) is 2.43. The molecule has 2 aliphatic heterocycles. The third-order valence-electron chi connectivity index (χ3n) is 4.03. The molecule has 0 saturated carbocycles. The number of hydrogen-bond acceptors (Lipinski definition) is 5. The molecule has 0 saturated heterocycles. The summed E-state index contributed by atoms with van der Waals surface area (Å²) in [5.41, 5.74) is 1.50. The van der Waals surface area contributed by atoms with Crippen molar-refractivity contribution < 1.29 is 9.47 Å². The minimum atomic E-state index is 0.144. The van der Waals surface area contributed by atoms with Crippen molar-refractivity contribution in [2.45, 2.75) is 39.9 Å². The minimum Gasteiger partial charge on any atom is -0.471 e. The first-order valence-corrected chi connectivity index (χ1v) is 7.94. The number of aliphatic imine (C=N–C) groups is 2. The van der Waals surface area contributed by atoms with Gasteiger partial charge in [0.2, 0.25) is 11.8 Å². The number of ether oxygens (including phenoxy) is 2. The second-order valence-electron chi connectivity index (χ2n) is 6.50. The number of aromatic nitrogens is 1. The van der Waals surface area contributed by atoms with Gasteiger partial charge in [-0.25, -0.2) is 15.0 Å². The van der Waals surface area contributed by atoms with Crippen LogP contribution < -0.4 is 0 Å². The summed E-state index contributed by atoms with van der Waals surface area (Å²) in [4.78, 5) is 13.6. The van der Waals surface area contributed by atoms with Crippen LogP contribution in [0.3, 0.4) is 0 Å². The third-order valence-corrected chi connectivity index (χ3v) is 4.03. The molecule has 1 aromatic rings. The van der Waals surface area contributed by atoms with Gasteiger partial charge >= 0.3 is 0 Å². The maximum absolute atomic E-state index is 5.89. The first kappa shape index (κ1) is 15.0. The molecule has 3 heterocycles. The molecule has 3 rings (SSSR count). The molecular formula is C17H23N3O2. The van der Waals surface area contributed by atoms with Gasteiger partial charge in [-0.05, 0) is 24.0 Å². The molecule has 1 aromatic heterocycles. The summed E-state index contributed by atoms with van der Waals surface area (Å²) >= 11 is 0. The standard InChI is InChI=1S/C17H23N3O2/c1-10(2)14-8-18-16(21-14)12-6-5-7-13(20-12)17-19-9-15(22-17)11(3)4/h5-7,10-11,14-15H,8-9H2,1-4H3/t14-,15-/m0/s1. The van der Waals surface area contributed by atoms with Crippen molar-refractivity contribution in [2.24, 2.45) is 21.8 Å². The zero-order chi connectivity index (χ0) is 15.7. The molecule has 0 radical (unpaired) electrons. The molecule has 0 N–H and O–H groups in total. The molecule has 2 atom stereocenters. The van der Waals surface area contributed by atoms with Crippen LogP contribution in [0.25, 0.3) is 0 Å². The van der Waals surface area contributed by atoms with Crippen LogP contribution in [-0.2, 0) is 9.47 Å². The molecule has 118 valence electrons. The molecular weight excluding hydrogens is 278 g/mol. The van der Waals surface area contributed by atoms with E-state index in [9.17, 15) is 0 Å². The van der Waals surface area contributed by atoms with Gasteiger partial charge in [0.25, 0.3) is 0 Å². The van der Waals surface area contributed by atoms with Gasteiger partial charge in [0.1, 0.15) is 23.6 Å². The molecule has 5 nitrogen and oxygen atoms in total. The maximum Gasteiger partial charge on any atom is 0.235 e. The first-order chi connectivity index (χ1) is 10.5. The Balaban J connectivity index is 1.75. The van der Waals surface area contributed by atoms with Crippen LogP contribution in [0.15, 0.2) is 28.2 Å². The van der Waals surface area contributed by atoms with Crippen LogP contribution in [0.2, 0.25) is 0 Å². The highest BCUT2D eigenvalue weighted by atomic mass is 16.5. The Morgan fingerprint density at radius 1 is 0.864 bits per heavy atom. The molecule has 0 aromatic carbocycles. The summed E-state index contributed by atoms with van der Waals surface area (Å²) in [5, 5.41) is 0. The average molecular weight is 301 g/mol. The zero-order valence-electron chi connectivity index (χ0n) is 13.6. The Bertz CT molecular complexity index is 558. The van der Waals surface area contributed by atoms with E-state index in [-0.39, 0.29) is 12.2 Å². The maximum atomic E-state index is 5.89. The highest BCUT2D eigenvalue weighted by molar-refractivity contribution is 5.97. The monoisotopic (exact) mass is 301 g/mol. The van der Waals surface area contributed by atoms with E-state index in [0.29, 0.717) is 36.7 Å². The average Bonchev–Trinajstić information content (AvgIpc) is 3.17. The Hall–Kier alpha value is -1.91. The summed E-state index contributed by atoms with van der Waals surface area (Å²) in [7, 11) is 0. The van der Waals surface area contributed by atoms with Crippen molar-refractivity contribution in [3.05, 3.63) is 29.6 Å². The van der Waals surface area contributed by atoms with E-state index in [1.54, 1.807) is 0 Å². The summed E-state index contributed by atoms with van der Waals surface area (Å²) < 4.78 is 11.8. The van der Waals surface area contributed by atoms with Crippen molar-refractivity contribution in [3.8, 4) is 0 Å². The lowest BCUT2D eigenvalue weighted by molar-refractivity contribution is 0.170. The molecule has 2 aliphatic rings. The van der Waals surface area contributed by atoms with Crippen molar-refractivity contribution >= 4 is 11.8 Å². The van der Waals surface area contributed by atoms with E-state index in [1.807, 2.05) is 18.2 Å². The fourth-order valence-corrected chi connectivity index (χ4v) is 2.43. The predicted molar refractivity (Wildman–Crippen MR) is 86.5 cm³/mol. The highest BCUT2D eigenvalue weighted by Gasteiger charge is 2.27. The van der Waals surface area contributed by atoms with E-state index >= 15 is 0 Å². The van der Waals surface area contributed by atoms with Gasteiger partial charge in [0, 0.05) is 0 Å². The molecule has 22 heavy (non-hydrogen) atoms. The van der Waals surface area contributed by atoms with Crippen molar-refractivity contribution in [1.82, 2.24) is 4.98 Å². The van der Waals surface area contributed by atoms with Gasteiger partial charge in [0.15, 0.2) is 0 Å². The zero-order valence-corrected chi connectivity index (χ0v) is 13.6. The third kappa shape index (κ3) is 2.98. The predicted octanol–water partition coefficient (Wildman–Crippen LogP) is 2.68. The van der Waals surface area contributed by atoms with Crippen molar-refractivity contribution in [3.63, 3.8) is 0 Å². The second-order valence-corrected chi connectivity index (χ2v) is 6.50. The Morgan fingerprint density at radius 2 is 1.32 bits per heavy atom. The molecule has 0 bridgehead atoms. The van der Waals surface area contributed by atoms with Crippen molar-refractivity contribution in [1.29, 1.82) is 0 Å². The van der Waals surface area contributed by atoms with Gasteiger partial charge in [0.05, 0.1) is 13.1 Å². The van der Waals surface area contributed by atoms with E-state index in [1.165, 1.54) is 0 Å². The van der Waals surface area contributed by atoms with Gasteiger partial charge in [-0.2, -0.15) is 0 Å². The lowest BCUT2D eigenvalue weighted by Crippen LogP contribution is -2.21. The van der Waals surface area contributed by atoms with E-state index < -0.39 is 0 Å². The fraction of sp³-hybridized carbons (Fsp3) is 0.588. The van der Waals surface area contributed by atoms with Crippen molar-refractivity contribution in [2.75, 3.05) is 13.1 Å². The number of pyridine rings is 1. The summed E-state index contributed by atoms with van der Waals surface area (Å²) in [6, 6.07) is 5.78. The summed E-state index contributed by atoms with van der Waals surface area (Å²) in [6.07, 6.45) is 0.289. The molecule has 0 amide bonds. The molecule has 0 spiro atoms. The quantitative estimate of drug-likeness (QED) is 0.859. The van der Waals surface area contributed by atoms with E-state index in [0.717, 1.165) is 11.4 Å². The lowest BCUT2D eigenvalue weighted by atomic mass is 10.1. The van der Waals surface area contributed by atoms with E-state index in [2.05, 4.69) is 42.7 Å². The van der Waals surface area contributed by atoms with Gasteiger partial charge in [-0.1, -0.05) is 33.8 Å². The Morgan fingerprint density at radius 3 is 1.68 bits per heavy atom. The molecule has 5 heteroatoms. The van der Waals surface area contributed by atoms with Crippen LogP contribution in [0.4, 0.5) is 0 Å². The Kier molecular flexibility index (Phi) is 4.14. The highest BCUT2D eigenvalue weighted by Crippen LogP contribution is 2.19. The van der Waals surface area contributed by atoms with Crippen LogP contribution in [0.5, 0.6) is 0 Å². The molecule has 0 aliphatic carbocycles. The number of rotatable bonds is 4. The molecule has 0 fully saturated rings. The first-order valence-electron chi connectivity index (χ1n) is 7.94. The van der Waals surface area contributed by atoms with Gasteiger partial charge in [-0.15, -0.1) is 0 Å². The number of nitrogens with zero attached hydrogens (tertiary/aromatic N) is 3. The smallest absolute Gasteiger partial charge is 0.235 e. The minimum absolute atomic E-state index is 0.144. The van der Waals surface area contributed by atoms with Gasteiger partial charge < -0.3 is 9.47 Å². The van der Waals surface area contributed by atoms with Gasteiger partial charge in [-0.3, -0.25) is 0 Å². The van der Waals surface area contributed by atoms with E-state index in [4.69, 9.17) is 9.47 Å². The summed E-state index contributed by atoms with van der Waals surface area (Å²) in [5.74, 6) is 2.14. The summed E-state index contributed by atoms with van der Waals surface area (Å²) in [6.45, 7) is 9.96. The second kappa shape index (κ2) is 6.07. The Labute approximate surface area is 131 Å². The van der Waals surface area contributed by atoms with Crippen LogP contribution in [-0.4, -0.2) is 42.1 Å². The molecule has 0 unspecified atom stereocenters. The lowest BCUT2D eigenvalue weighted by Gasteiger charge is -2.15. The van der Waals surface area contributed by atoms with Crippen LogP contribution in [0, 0.1) is 11.8 Å². The number of hydrogen-bond donors (Lipinski definition) is 0. The largest absolute Gasteiger partial charge is 0.471 e. The normalized spacial score (nSPS) is 24.3.